The standard InChI is InChI=1S/C27H32F3N5O/c1-14(13-31-6)27(29,30)19-10-8-9-17(23(19)28)15(2)32-24-18-11-22-20(12-21(18)33-16(3)34-24)26(4,5)25(36)35(22)7/h8-12,14-15,31H,13H2,1-7H3,(H,32,33,34)/t14-,15+/m0/s1. The lowest BCUT2D eigenvalue weighted by Crippen LogP contribution is -2.33. The topological polar surface area (TPSA) is 70.2 Å². The van der Waals surface area contributed by atoms with Crippen LogP contribution in [0.15, 0.2) is 30.3 Å². The number of aromatic nitrogens is 2. The highest BCUT2D eigenvalue weighted by Gasteiger charge is 2.43. The summed E-state index contributed by atoms with van der Waals surface area (Å²) in [6.07, 6.45) is 0. The number of carbonyl (C=O) groups is 1. The number of fused-ring (bicyclic) bond motifs is 2. The molecule has 0 unspecified atom stereocenters. The summed E-state index contributed by atoms with van der Waals surface area (Å²) >= 11 is 0. The van der Waals surface area contributed by atoms with Gasteiger partial charge in [-0.15, -0.1) is 0 Å². The van der Waals surface area contributed by atoms with Gasteiger partial charge in [0, 0.05) is 36.1 Å². The van der Waals surface area contributed by atoms with Crippen molar-refractivity contribution < 1.29 is 18.0 Å². The molecular formula is C27H32F3N5O. The maximum Gasteiger partial charge on any atom is 0.279 e. The van der Waals surface area contributed by atoms with Crippen molar-refractivity contribution in [3.8, 4) is 0 Å². The smallest absolute Gasteiger partial charge is 0.279 e. The zero-order valence-electron chi connectivity index (χ0n) is 21.6. The van der Waals surface area contributed by atoms with Crippen molar-refractivity contribution in [1.29, 1.82) is 0 Å². The van der Waals surface area contributed by atoms with Crippen LogP contribution in [0.25, 0.3) is 10.9 Å². The first-order valence-corrected chi connectivity index (χ1v) is 12.0. The number of nitrogens with one attached hydrogen (secondary N) is 2. The second kappa shape index (κ2) is 9.03. The zero-order valence-corrected chi connectivity index (χ0v) is 21.6. The lowest BCUT2D eigenvalue weighted by atomic mass is 9.85. The lowest BCUT2D eigenvalue weighted by Gasteiger charge is -2.26. The number of aryl methyl sites for hydroxylation is 1. The van der Waals surface area contributed by atoms with E-state index in [4.69, 9.17) is 0 Å². The molecule has 1 aliphatic heterocycles. The Kier molecular flexibility index (Phi) is 6.49. The molecule has 6 nitrogen and oxygen atoms in total. The van der Waals surface area contributed by atoms with Crippen LogP contribution in [0.4, 0.5) is 24.7 Å². The number of likely N-dealkylation sites (N-methyl/N-ethyl adjacent to an activating group) is 1. The van der Waals surface area contributed by atoms with Crippen LogP contribution in [0.1, 0.15) is 56.3 Å². The minimum atomic E-state index is -3.34. The maximum atomic E-state index is 15.5. The molecule has 1 aromatic heterocycles. The van der Waals surface area contributed by atoms with E-state index in [1.165, 1.54) is 19.1 Å². The quantitative estimate of drug-likeness (QED) is 0.452. The predicted molar refractivity (Wildman–Crippen MR) is 136 cm³/mol. The second-order valence-electron chi connectivity index (χ2n) is 10.2. The van der Waals surface area contributed by atoms with E-state index in [0.29, 0.717) is 22.5 Å². The van der Waals surface area contributed by atoms with E-state index in [1.807, 2.05) is 26.0 Å². The summed E-state index contributed by atoms with van der Waals surface area (Å²) in [4.78, 5) is 23.5. The van der Waals surface area contributed by atoms with E-state index in [-0.39, 0.29) is 18.0 Å². The Morgan fingerprint density at radius 3 is 2.53 bits per heavy atom. The van der Waals surface area contributed by atoms with Crippen LogP contribution < -0.4 is 15.5 Å². The molecule has 0 bridgehead atoms. The van der Waals surface area contributed by atoms with Crippen molar-refractivity contribution in [2.24, 2.45) is 5.92 Å². The summed E-state index contributed by atoms with van der Waals surface area (Å²) in [5, 5.41) is 6.59. The van der Waals surface area contributed by atoms with Gasteiger partial charge in [-0.25, -0.2) is 23.1 Å². The molecule has 0 fully saturated rings. The van der Waals surface area contributed by atoms with E-state index in [1.54, 1.807) is 32.8 Å². The summed E-state index contributed by atoms with van der Waals surface area (Å²) in [6, 6.07) is 7.17. The average Bonchev–Trinajstić information content (AvgIpc) is 2.97. The third kappa shape index (κ3) is 4.09. The number of hydrogen-bond acceptors (Lipinski definition) is 5. The van der Waals surface area contributed by atoms with Crippen LogP contribution >= 0.6 is 0 Å². The van der Waals surface area contributed by atoms with Gasteiger partial charge in [-0.3, -0.25) is 4.79 Å². The average molecular weight is 500 g/mol. The molecule has 4 rings (SSSR count). The van der Waals surface area contributed by atoms with Crippen LogP contribution in [0.3, 0.4) is 0 Å². The van der Waals surface area contributed by atoms with Crippen LogP contribution in [0.5, 0.6) is 0 Å². The maximum absolute atomic E-state index is 15.5. The normalized spacial score (nSPS) is 16.8. The number of benzene rings is 2. The first-order valence-electron chi connectivity index (χ1n) is 12.0. The first-order chi connectivity index (χ1) is 16.8. The molecule has 0 spiro atoms. The first kappa shape index (κ1) is 25.9. The van der Waals surface area contributed by atoms with E-state index >= 15 is 13.2 Å². The van der Waals surface area contributed by atoms with Gasteiger partial charge in [0.25, 0.3) is 5.92 Å². The Balaban J connectivity index is 1.75. The highest BCUT2D eigenvalue weighted by Crippen LogP contribution is 2.44. The van der Waals surface area contributed by atoms with Gasteiger partial charge in [0.1, 0.15) is 17.5 Å². The molecule has 0 saturated carbocycles. The number of anilines is 2. The molecule has 2 aromatic carbocycles. The Morgan fingerprint density at radius 1 is 1.17 bits per heavy atom. The van der Waals surface area contributed by atoms with Crippen LogP contribution in [-0.2, 0) is 16.1 Å². The van der Waals surface area contributed by atoms with Gasteiger partial charge in [-0.2, -0.15) is 0 Å². The lowest BCUT2D eigenvalue weighted by molar-refractivity contribution is -0.121. The van der Waals surface area contributed by atoms with Crippen molar-refractivity contribution >= 4 is 28.3 Å². The molecule has 1 aliphatic rings. The molecule has 0 saturated heterocycles. The molecule has 2 heterocycles. The molecule has 3 aromatic rings. The van der Waals surface area contributed by atoms with Gasteiger partial charge in [-0.1, -0.05) is 25.1 Å². The number of nitrogens with zero attached hydrogens (tertiary/aromatic N) is 3. The van der Waals surface area contributed by atoms with E-state index in [0.717, 1.165) is 17.3 Å². The fraction of sp³-hybridized carbons (Fsp3) is 0.444. The van der Waals surface area contributed by atoms with Gasteiger partial charge in [0.05, 0.1) is 22.5 Å². The van der Waals surface area contributed by atoms with E-state index in [9.17, 15) is 4.79 Å². The van der Waals surface area contributed by atoms with Gasteiger partial charge in [0.15, 0.2) is 0 Å². The molecule has 2 N–H and O–H groups in total. The number of hydrogen-bond donors (Lipinski definition) is 2. The second-order valence-corrected chi connectivity index (χ2v) is 10.2. The zero-order chi connectivity index (χ0) is 26.6. The predicted octanol–water partition coefficient (Wildman–Crippen LogP) is 5.45. The van der Waals surface area contributed by atoms with Crippen molar-refractivity contribution in [1.82, 2.24) is 15.3 Å². The van der Waals surface area contributed by atoms with Crippen LogP contribution in [-0.4, -0.2) is 36.5 Å². The Hall–Kier alpha value is -3.20. The molecule has 0 radical (unpaired) electrons. The number of rotatable bonds is 7. The van der Waals surface area contributed by atoms with Gasteiger partial charge < -0.3 is 15.5 Å². The monoisotopic (exact) mass is 499 g/mol. The molecule has 192 valence electrons. The highest BCUT2D eigenvalue weighted by molar-refractivity contribution is 6.10. The molecule has 1 amide bonds. The van der Waals surface area contributed by atoms with Gasteiger partial charge in [0.2, 0.25) is 5.91 Å². The molecule has 9 heteroatoms. The fourth-order valence-electron chi connectivity index (χ4n) is 4.94. The largest absolute Gasteiger partial charge is 0.363 e. The van der Waals surface area contributed by atoms with Crippen molar-refractivity contribution in [2.75, 3.05) is 30.9 Å². The fourth-order valence-corrected chi connectivity index (χ4v) is 4.94. The van der Waals surface area contributed by atoms with Crippen molar-refractivity contribution in [2.45, 2.75) is 52.0 Å². The van der Waals surface area contributed by atoms with E-state index in [2.05, 4.69) is 20.6 Å². The number of amides is 1. The Bertz CT molecular complexity index is 1340. The molecule has 2 atom stereocenters. The van der Waals surface area contributed by atoms with Crippen LogP contribution in [0, 0.1) is 18.7 Å². The third-order valence-corrected chi connectivity index (χ3v) is 7.14. The summed E-state index contributed by atoms with van der Waals surface area (Å²) < 4.78 is 45.5. The number of alkyl halides is 2. The minimum Gasteiger partial charge on any atom is -0.363 e. The van der Waals surface area contributed by atoms with Gasteiger partial charge >= 0.3 is 0 Å². The summed E-state index contributed by atoms with van der Waals surface area (Å²) in [6.45, 7) is 8.64. The number of halogens is 3. The summed E-state index contributed by atoms with van der Waals surface area (Å²) in [5.41, 5.74) is 1.08. The van der Waals surface area contributed by atoms with Gasteiger partial charge in [-0.05, 0) is 52.4 Å². The van der Waals surface area contributed by atoms with E-state index < -0.39 is 34.7 Å². The summed E-state index contributed by atoms with van der Waals surface area (Å²) in [5.74, 6) is -4.45. The third-order valence-electron chi connectivity index (χ3n) is 7.14. The molecule has 0 aliphatic carbocycles. The van der Waals surface area contributed by atoms with Crippen molar-refractivity contribution in [3.63, 3.8) is 0 Å². The SMILES string of the molecule is CNC[C@H](C)C(F)(F)c1cccc([C@@H](C)Nc2nc(C)nc3cc4c(cc23)N(C)C(=O)C4(C)C)c1F. The minimum absolute atomic E-state index is 0.0207. The van der Waals surface area contributed by atoms with Crippen LogP contribution in [0.2, 0.25) is 0 Å². The summed E-state index contributed by atoms with van der Waals surface area (Å²) in [7, 11) is 3.31. The van der Waals surface area contributed by atoms with Crippen molar-refractivity contribution in [3.05, 3.63) is 58.7 Å². The Labute approximate surface area is 209 Å². The Morgan fingerprint density at radius 2 is 1.86 bits per heavy atom. The number of carbonyl (C=O) groups excluding carboxylic acids is 1. The highest BCUT2D eigenvalue weighted by atomic mass is 19.3. The molecule has 36 heavy (non-hydrogen) atoms. The molecular weight excluding hydrogens is 467 g/mol.